The second-order valence-electron chi connectivity index (χ2n) is 8.98. The first-order valence-electron chi connectivity index (χ1n) is 11.1. The number of nitrogens with zero attached hydrogens (tertiary/aromatic N) is 3. The molecule has 8 nitrogen and oxygen atoms in total. The maximum absolute atomic E-state index is 13.4. The van der Waals surface area contributed by atoms with Crippen molar-refractivity contribution in [2.45, 2.75) is 37.6 Å². The predicted octanol–water partition coefficient (Wildman–Crippen LogP) is 4.44. The number of amides is 1. The zero-order chi connectivity index (χ0) is 25.5. The van der Waals surface area contributed by atoms with Crippen LogP contribution in [-0.4, -0.2) is 62.7 Å². The van der Waals surface area contributed by atoms with Crippen LogP contribution in [0.4, 0.5) is 0 Å². The van der Waals surface area contributed by atoms with Crippen LogP contribution in [0.5, 0.6) is 11.5 Å². The van der Waals surface area contributed by atoms with E-state index in [0.717, 1.165) is 5.56 Å². The third kappa shape index (κ3) is 4.50. The van der Waals surface area contributed by atoms with E-state index in [1.807, 2.05) is 19.9 Å². The van der Waals surface area contributed by atoms with Gasteiger partial charge in [0.2, 0.25) is 10.0 Å². The number of hydrogen-bond donors (Lipinski definition) is 0. The second-order valence-corrected chi connectivity index (χ2v) is 11.7. The van der Waals surface area contributed by atoms with Crippen LogP contribution in [-0.2, 0) is 14.8 Å². The van der Waals surface area contributed by atoms with Gasteiger partial charge in [0.1, 0.15) is 4.90 Å². The second kappa shape index (κ2) is 9.61. The lowest BCUT2D eigenvalue weighted by molar-refractivity contribution is -0.137. The quantitative estimate of drug-likeness (QED) is 0.541. The Balaban J connectivity index is 1.56. The van der Waals surface area contributed by atoms with Crippen LogP contribution in [0.3, 0.4) is 0 Å². The lowest BCUT2D eigenvalue weighted by Crippen LogP contribution is -2.47. The van der Waals surface area contributed by atoms with Gasteiger partial charge in [-0.3, -0.25) is 4.79 Å². The number of ether oxygens (including phenoxy) is 2. The van der Waals surface area contributed by atoms with Gasteiger partial charge in [0.15, 0.2) is 11.5 Å². The molecule has 0 spiro atoms. The minimum Gasteiger partial charge on any atom is -0.493 e. The Bertz CT molecular complexity index is 1270. The molecule has 2 aliphatic rings. The molecule has 0 bridgehead atoms. The third-order valence-corrected chi connectivity index (χ3v) is 9.34. The van der Waals surface area contributed by atoms with Crippen molar-refractivity contribution in [2.75, 3.05) is 27.3 Å². The summed E-state index contributed by atoms with van der Waals surface area (Å²) < 4.78 is 38.5. The molecule has 188 valence electrons. The zero-order valence-corrected chi connectivity index (χ0v) is 22.2. The molecule has 4 rings (SSSR count). The first kappa shape index (κ1) is 25.8. The Morgan fingerprint density at radius 3 is 2.17 bits per heavy atom. The van der Waals surface area contributed by atoms with Gasteiger partial charge < -0.3 is 9.47 Å². The summed E-state index contributed by atoms with van der Waals surface area (Å²) in [6, 6.07) is 9.81. The molecule has 2 aromatic rings. The molecule has 0 aromatic heterocycles. The summed E-state index contributed by atoms with van der Waals surface area (Å²) in [5.41, 5.74) is 0.534. The van der Waals surface area contributed by atoms with Crippen LogP contribution in [0.15, 0.2) is 46.4 Å². The van der Waals surface area contributed by atoms with E-state index in [-0.39, 0.29) is 40.0 Å². The predicted molar refractivity (Wildman–Crippen MR) is 135 cm³/mol. The van der Waals surface area contributed by atoms with Crippen LogP contribution >= 0.6 is 23.2 Å². The maximum Gasteiger partial charge on any atom is 0.254 e. The zero-order valence-electron chi connectivity index (χ0n) is 19.9. The van der Waals surface area contributed by atoms with Gasteiger partial charge >= 0.3 is 0 Å². The number of sulfonamides is 1. The lowest BCUT2D eigenvalue weighted by atomic mass is 9.83. The summed E-state index contributed by atoms with van der Waals surface area (Å²) in [5.74, 6) is 1.01. The number of benzene rings is 2. The molecule has 35 heavy (non-hydrogen) atoms. The highest BCUT2D eigenvalue weighted by atomic mass is 35.5. The first-order chi connectivity index (χ1) is 16.5. The topological polar surface area (TPSA) is 88.5 Å². The van der Waals surface area contributed by atoms with Crippen LogP contribution in [0, 0.1) is 5.41 Å². The van der Waals surface area contributed by atoms with Gasteiger partial charge in [0.25, 0.3) is 5.91 Å². The van der Waals surface area contributed by atoms with Crippen LogP contribution in [0.25, 0.3) is 0 Å². The molecular weight excluding hydrogens is 513 g/mol. The molecule has 1 amide bonds. The van der Waals surface area contributed by atoms with Crippen LogP contribution in [0.1, 0.15) is 32.3 Å². The average Bonchev–Trinajstić information content (AvgIpc) is 3.07. The molecule has 1 fully saturated rings. The number of carbonyl (C=O) groups excluding carboxylic acids is 1. The standard InChI is InChI=1S/C24H27Cl2N3O5S/c1-24(2)22(15-8-9-19(33-3)20(14-15)34-4)27-29(23(24)30)16-10-12-28(13-11-16)35(31,32)21-17(25)6-5-7-18(21)26/h5-9,14,16H,10-13H2,1-4H3. The van der Waals surface area contributed by atoms with Crippen molar-refractivity contribution < 1.29 is 22.7 Å². The van der Waals surface area contributed by atoms with Gasteiger partial charge in [0.05, 0.1) is 41.4 Å². The van der Waals surface area contributed by atoms with E-state index in [4.69, 9.17) is 37.8 Å². The molecule has 11 heteroatoms. The Morgan fingerprint density at radius 1 is 1.00 bits per heavy atom. The van der Waals surface area contributed by atoms with Crippen molar-refractivity contribution in [3.8, 4) is 11.5 Å². The van der Waals surface area contributed by atoms with E-state index in [9.17, 15) is 13.2 Å². The SMILES string of the molecule is COc1ccc(C2=NN(C3CCN(S(=O)(=O)c4c(Cl)cccc4Cl)CC3)C(=O)C2(C)C)cc1OC. The molecule has 0 saturated carbocycles. The van der Waals surface area contributed by atoms with Crippen molar-refractivity contribution in [2.24, 2.45) is 10.5 Å². The minimum absolute atomic E-state index is 0.0836. The van der Waals surface area contributed by atoms with E-state index < -0.39 is 15.4 Å². The van der Waals surface area contributed by atoms with Gasteiger partial charge in [-0.15, -0.1) is 0 Å². The average molecular weight is 540 g/mol. The fourth-order valence-electron chi connectivity index (χ4n) is 4.50. The van der Waals surface area contributed by atoms with Crippen molar-refractivity contribution in [3.05, 3.63) is 52.0 Å². The smallest absolute Gasteiger partial charge is 0.254 e. The summed E-state index contributed by atoms with van der Waals surface area (Å²) in [5, 5.41) is 6.39. The first-order valence-corrected chi connectivity index (χ1v) is 13.3. The largest absolute Gasteiger partial charge is 0.493 e. The summed E-state index contributed by atoms with van der Waals surface area (Å²) in [6.45, 7) is 4.12. The molecule has 2 aromatic carbocycles. The van der Waals surface area contributed by atoms with E-state index in [1.165, 1.54) is 21.4 Å². The maximum atomic E-state index is 13.4. The molecule has 0 atom stereocenters. The minimum atomic E-state index is -3.87. The number of piperidine rings is 1. The van der Waals surface area contributed by atoms with Gasteiger partial charge in [-0.25, -0.2) is 13.4 Å². The summed E-state index contributed by atoms with van der Waals surface area (Å²) >= 11 is 12.3. The number of rotatable bonds is 6. The monoisotopic (exact) mass is 539 g/mol. The number of hydrogen-bond acceptors (Lipinski definition) is 6. The van der Waals surface area contributed by atoms with E-state index >= 15 is 0 Å². The fourth-order valence-corrected chi connectivity index (χ4v) is 7.06. The highest BCUT2D eigenvalue weighted by Gasteiger charge is 2.47. The van der Waals surface area contributed by atoms with Gasteiger partial charge in [-0.2, -0.15) is 9.41 Å². The molecular formula is C24H27Cl2N3O5S. The van der Waals surface area contributed by atoms with E-state index in [1.54, 1.807) is 32.4 Å². The molecule has 0 radical (unpaired) electrons. The third-order valence-electron chi connectivity index (χ3n) is 6.49. The summed E-state index contributed by atoms with van der Waals surface area (Å²) in [4.78, 5) is 13.3. The Morgan fingerprint density at radius 2 is 1.60 bits per heavy atom. The number of halogens is 2. The summed E-state index contributed by atoms with van der Waals surface area (Å²) in [7, 11) is -0.755. The Kier molecular flexibility index (Phi) is 7.07. The molecule has 2 aliphatic heterocycles. The van der Waals surface area contributed by atoms with Gasteiger partial charge in [-0.1, -0.05) is 29.3 Å². The number of hydrazone groups is 1. The highest BCUT2D eigenvalue weighted by molar-refractivity contribution is 7.89. The fraction of sp³-hybridized carbons (Fsp3) is 0.417. The van der Waals surface area contributed by atoms with Crippen molar-refractivity contribution in [1.82, 2.24) is 9.31 Å². The van der Waals surface area contributed by atoms with E-state index in [2.05, 4.69) is 0 Å². The van der Waals surface area contributed by atoms with Crippen molar-refractivity contribution in [1.29, 1.82) is 0 Å². The highest BCUT2D eigenvalue weighted by Crippen LogP contribution is 2.38. The van der Waals surface area contributed by atoms with E-state index in [0.29, 0.717) is 30.1 Å². The Labute approximate surface area is 215 Å². The number of methoxy groups -OCH3 is 2. The molecule has 1 saturated heterocycles. The number of carbonyl (C=O) groups is 1. The summed E-state index contributed by atoms with van der Waals surface area (Å²) in [6.07, 6.45) is 0.873. The normalized spacial score (nSPS) is 19.1. The molecule has 0 unspecified atom stereocenters. The van der Waals surface area contributed by atoms with Crippen LogP contribution in [0.2, 0.25) is 10.0 Å². The van der Waals surface area contributed by atoms with Gasteiger partial charge in [0, 0.05) is 18.7 Å². The Hall–Kier alpha value is -2.33. The molecule has 2 heterocycles. The van der Waals surface area contributed by atoms with Crippen molar-refractivity contribution >= 4 is 44.8 Å². The van der Waals surface area contributed by atoms with Crippen LogP contribution < -0.4 is 9.47 Å². The van der Waals surface area contributed by atoms with Gasteiger partial charge in [-0.05, 0) is 57.0 Å². The van der Waals surface area contributed by atoms with Crippen molar-refractivity contribution in [3.63, 3.8) is 0 Å². The lowest BCUT2D eigenvalue weighted by Gasteiger charge is -2.35. The molecule has 0 aliphatic carbocycles. The molecule has 0 N–H and O–H groups in total.